The van der Waals surface area contributed by atoms with Crippen LogP contribution < -0.4 is 5.73 Å². The van der Waals surface area contributed by atoms with Gasteiger partial charge in [-0.25, -0.2) is 4.98 Å². The first-order valence-corrected chi connectivity index (χ1v) is 7.76. The summed E-state index contributed by atoms with van der Waals surface area (Å²) in [6.45, 7) is 6.81. The van der Waals surface area contributed by atoms with Gasteiger partial charge in [-0.3, -0.25) is 0 Å². The van der Waals surface area contributed by atoms with E-state index in [4.69, 9.17) is 5.73 Å². The molecule has 1 aromatic heterocycles. The van der Waals surface area contributed by atoms with Crippen molar-refractivity contribution in [2.45, 2.75) is 25.8 Å². The molecule has 2 rings (SSSR count). The molecule has 1 heterocycles. The van der Waals surface area contributed by atoms with Crippen LogP contribution in [0.25, 0.3) is 0 Å². The fourth-order valence-corrected chi connectivity index (χ4v) is 3.35. The Morgan fingerprint density at radius 1 is 1.30 bits per heavy atom. The van der Waals surface area contributed by atoms with Gasteiger partial charge in [0.2, 0.25) is 0 Å². The van der Waals surface area contributed by atoms with Crippen LogP contribution in [0, 0.1) is 6.92 Å². The molecule has 0 aliphatic heterocycles. The second-order valence-electron chi connectivity index (χ2n) is 5.66. The largest absolute Gasteiger partial charge is 0.330 e. The van der Waals surface area contributed by atoms with Crippen molar-refractivity contribution in [3.63, 3.8) is 0 Å². The Morgan fingerprint density at radius 3 is 2.55 bits per heavy atom. The lowest BCUT2D eigenvalue weighted by atomic mass is 9.82. The maximum atomic E-state index is 6.05. The molecule has 1 aromatic carbocycles. The van der Waals surface area contributed by atoms with Crippen molar-refractivity contribution in [2.75, 3.05) is 20.1 Å². The predicted molar refractivity (Wildman–Crippen MR) is 86.0 cm³/mol. The third-order valence-electron chi connectivity index (χ3n) is 3.80. The van der Waals surface area contributed by atoms with Crippen LogP contribution in [0.1, 0.15) is 23.1 Å². The minimum atomic E-state index is -0.0192. The van der Waals surface area contributed by atoms with E-state index in [1.54, 1.807) is 11.3 Å². The van der Waals surface area contributed by atoms with Crippen LogP contribution in [0.5, 0.6) is 0 Å². The second-order valence-corrected chi connectivity index (χ2v) is 6.60. The molecule has 1 atom stereocenters. The van der Waals surface area contributed by atoms with E-state index in [2.05, 4.69) is 55.0 Å². The third-order valence-corrected chi connectivity index (χ3v) is 4.72. The number of aromatic nitrogens is 1. The van der Waals surface area contributed by atoms with Crippen molar-refractivity contribution in [1.82, 2.24) is 9.88 Å². The Hall–Kier alpha value is -1.23. The molecule has 2 aromatic rings. The number of benzene rings is 1. The van der Waals surface area contributed by atoms with E-state index in [1.807, 2.05) is 11.6 Å². The fraction of sp³-hybridized carbons (Fsp3) is 0.438. The molecular formula is C16H23N3S. The summed E-state index contributed by atoms with van der Waals surface area (Å²) in [5.74, 6) is 0. The topological polar surface area (TPSA) is 42.2 Å². The monoisotopic (exact) mass is 289 g/mol. The number of likely N-dealkylation sites (N-methyl/N-ethyl adjacent to an activating group) is 1. The average molecular weight is 289 g/mol. The number of thiazole rings is 1. The van der Waals surface area contributed by atoms with Crippen LogP contribution in [0.15, 0.2) is 35.8 Å². The van der Waals surface area contributed by atoms with E-state index in [-0.39, 0.29) is 5.41 Å². The summed E-state index contributed by atoms with van der Waals surface area (Å²) in [5.41, 5.74) is 10.4. The Labute approximate surface area is 125 Å². The molecule has 0 saturated heterocycles. The molecule has 3 nitrogen and oxygen atoms in total. The number of nitrogens with two attached hydrogens (primary N) is 1. The van der Waals surface area contributed by atoms with Gasteiger partial charge in [-0.1, -0.05) is 37.3 Å². The van der Waals surface area contributed by atoms with E-state index in [0.29, 0.717) is 6.54 Å². The zero-order valence-corrected chi connectivity index (χ0v) is 13.3. The van der Waals surface area contributed by atoms with Gasteiger partial charge in [0.15, 0.2) is 0 Å². The van der Waals surface area contributed by atoms with Crippen LogP contribution in [0.3, 0.4) is 0 Å². The van der Waals surface area contributed by atoms with Crippen molar-refractivity contribution in [3.8, 4) is 0 Å². The first-order chi connectivity index (χ1) is 9.55. The van der Waals surface area contributed by atoms with E-state index in [0.717, 1.165) is 18.8 Å². The van der Waals surface area contributed by atoms with Crippen molar-refractivity contribution >= 4 is 11.3 Å². The van der Waals surface area contributed by atoms with Crippen LogP contribution >= 0.6 is 11.3 Å². The fourth-order valence-electron chi connectivity index (χ4n) is 2.49. The van der Waals surface area contributed by atoms with E-state index in [9.17, 15) is 0 Å². The SMILES string of the molecule is Cc1ncsc1CN(C)CC(C)(CN)c1ccccc1. The van der Waals surface area contributed by atoms with Gasteiger partial charge >= 0.3 is 0 Å². The molecule has 20 heavy (non-hydrogen) atoms. The lowest BCUT2D eigenvalue weighted by molar-refractivity contribution is 0.254. The van der Waals surface area contributed by atoms with Gasteiger partial charge in [0.25, 0.3) is 0 Å². The maximum absolute atomic E-state index is 6.05. The van der Waals surface area contributed by atoms with Gasteiger partial charge in [-0.15, -0.1) is 11.3 Å². The Bertz CT molecular complexity index is 538. The summed E-state index contributed by atoms with van der Waals surface area (Å²) in [4.78, 5) is 7.98. The molecule has 1 unspecified atom stereocenters. The number of rotatable bonds is 6. The molecule has 108 valence electrons. The first kappa shape index (κ1) is 15.2. The molecular weight excluding hydrogens is 266 g/mol. The summed E-state index contributed by atoms with van der Waals surface area (Å²) in [5, 5.41) is 0. The molecule has 0 radical (unpaired) electrons. The average Bonchev–Trinajstić information content (AvgIpc) is 2.85. The molecule has 4 heteroatoms. The van der Waals surface area contributed by atoms with Gasteiger partial charge < -0.3 is 10.6 Å². The van der Waals surface area contributed by atoms with Gasteiger partial charge in [0.1, 0.15) is 0 Å². The lowest BCUT2D eigenvalue weighted by Crippen LogP contribution is -2.42. The minimum absolute atomic E-state index is 0.0192. The van der Waals surface area contributed by atoms with Gasteiger partial charge in [0.05, 0.1) is 11.2 Å². The number of nitrogens with zero attached hydrogens (tertiary/aromatic N) is 2. The highest BCUT2D eigenvalue weighted by atomic mass is 32.1. The summed E-state index contributed by atoms with van der Waals surface area (Å²) < 4.78 is 0. The normalized spacial score (nSPS) is 14.4. The van der Waals surface area contributed by atoms with Crippen LogP contribution in [-0.4, -0.2) is 30.0 Å². The number of aryl methyl sites for hydroxylation is 1. The molecule has 0 saturated carbocycles. The lowest BCUT2D eigenvalue weighted by Gasteiger charge is -2.33. The summed E-state index contributed by atoms with van der Waals surface area (Å²) in [6.07, 6.45) is 0. The highest BCUT2D eigenvalue weighted by Crippen LogP contribution is 2.24. The van der Waals surface area contributed by atoms with Crippen molar-refractivity contribution in [2.24, 2.45) is 5.73 Å². The highest BCUT2D eigenvalue weighted by Gasteiger charge is 2.26. The van der Waals surface area contributed by atoms with E-state index < -0.39 is 0 Å². The van der Waals surface area contributed by atoms with Crippen molar-refractivity contribution in [1.29, 1.82) is 0 Å². The predicted octanol–water partition coefficient (Wildman–Crippen LogP) is 2.80. The second kappa shape index (κ2) is 6.48. The van der Waals surface area contributed by atoms with Gasteiger partial charge in [0, 0.05) is 29.9 Å². The van der Waals surface area contributed by atoms with Crippen LogP contribution in [0.2, 0.25) is 0 Å². The van der Waals surface area contributed by atoms with E-state index in [1.165, 1.54) is 10.4 Å². The number of hydrogen-bond donors (Lipinski definition) is 1. The Kier molecular flexibility index (Phi) is 4.91. The first-order valence-electron chi connectivity index (χ1n) is 6.88. The van der Waals surface area contributed by atoms with Crippen molar-refractivity contribution in [3.05, 3.63) is 52.0 Å². The highest BCUT2D eigenvalue weighted by molar-refractivity contribution is 7.09. The Balaban J connectivity index is 2.08. The summed E-state index contributed by atoms with van der Waals surface area (Å²) in [6, 6.07) is 10.5. The van der Waals surface area contributed by atoms with Crippen LogP contribution in [-0.2, 0) is 12.0 Å². The molecule has 2 N–H and O–H groups in total. The molecule has 0 spiro atoms. The van der Waals surface area contributed by atoms with Crippen molar-refractivity contribution < 1.29 is 0 Å². The van der Waals surface area contributed by atoms with E-state index >= 15 is 0 Å². The smallest absolute Gasteiger partial charge is 0.0798 e. The quantitative estimate of drug-likeness (QED) is 0.889. The zero-order chi connectivity index (χ0) is 14.6. The maximum Gasteiger partial charge on any atom is 0.0798 e. The summed E-state index contributed by atoms with van der Waals surface area (Å²) >= 11 is 1.72. The third kappa shape index (κ3) is 3.45. The zero-order valence-electron chi connectivity index (χ0n) is 12.5. The molecule has 0 aliphatic rings. The molecule has 0 bridgehead atoms. The number of hydrogen-bond acceptors (Lipinski definition) is 4. The van der Waals surface area contributed by atoms with Crippen LogP contribution in [0.4, 0.5) is 0 Å². The molecule has 0 aliphatic carbocycles. The molecule has 0 amide bonds. The standard InChI is InChI=1S/C16H23N3S/c1-13-15(20-12-18-13)9-19(3)11-16(2,10-17)14-7-5-4-6-8-14/h4-8,12H,9-11,17H2,1-3H3. The van der Waals surface area contributed by atoms with Gasteiger partial charge in [-0.05, 0) is 19.5 Å². The summed E-state index contributed by atoms with van der Waals surface area (Å²) in [7, 11) is 2.15. The Morgan fingerprint density at radius 2 is 2.00 bits per heavy atom. The minimum Gasteiger partial charge on any atom is -0.330 e. The molecule has 0 fully saturated rings. The van der Waals surface area contributed by atoms with Gasteiger partial charge in [-0.2, -0.15) is 0 Å².